The molecule has 6 nitrogen and oxygen atoms in total. The second-order valence-corrected chi connectivity index (χ2v) is 11.4. The van der Waals surface area contributed by atoms with Crippen molar-refractivity contribution in [1.82, 2.24) is 9.80 Å². The van der Waals surface area contributed by atoms with E-state index in [0.29, 0.717) is 31.6 Å². The zero-order valence-corrected chi connectivity index (χ0v) is 21.9. The van der Waals surface area contributed by atoms with Crippen molar-refractivity contribution in [2.45, 2.75) is 62.3 Å². The highest BCUT2D eigenvalue weighted by Crippen LogP contribution is 2.67. The second kappa shape index (κ2) is 8.47. The van der Waals surface area contributed by atoms with Crippen LogP contribution in [0.4, 0.5) is 0 Å². The van der Waals surface area contributed by atoms with Crippen molar-refractivity contribution in [3.8, 4) is 11.5 Å². The molecule has 6 rings (SSSR count). The van der Waals surface area contributed by atoms with Gasteiger partial charge in [-0.2, -0.15) is 0 Å². The molecule has 2 bridgehead atoms. The molecule has 0 aromatic heterocycles. The van der Waals surface area contributed by atoms with Gasteiger partial charge in [-0.1, -0.05) is 48.9 Å². The Kier molecular flexibility index (Phi) is 5.55. The van der Waals surface area contributed by atoms with Gasteiger partial charge in [-0.05, 0) is 61.9 Å². The molecule has 194 valence electrons. The van der Waals surface area contributed by atoms with Gasteiger partial charge >= 0.3 is 0 Å². The van der Waals surface area contributed by atoms with Gasteiger partial charge in [-0.3, -0.25) is 9.69 Å². The number of hydrogen-bond acceptors (Lipinski definition) is 5. The molecule has 2 heterocycles. The largest absolute Gasteiger partial charge is 0.504 e. The maximum absolute atomic E-state index is 13.4. The van der Waals surface area contributed by atoms with Crippen molar-refractivity contribution in [1.29, 1.82) is 0 Å². The predicted octanol–water partition coefficient (Wildman–Crippen LogP) is 3.83. The SMILES string of the molecule is C=CCN1CC[C@]23c4c5ccc(O)c4OC2C(N(C)C(=O)/C=C/c2cccc(C)c2)CC(C)[C@@]3(O)[C@H]1C5. The lowest BCUT2D eigenvalue weighted by Crippen LogP contribution is -2.80. The van der Waals surface area contributed by atoms with Crippen molar-refractivity contribution >= 4 is 12.0 Å². The van der Waals surface area contributed by atoms with Crippen LogP contribution in [0, 0.1) is 12.8 Å². The van der Waals surface area contributed by atoms with Crippen LogP contribution in [0.3, 0.4) is 0 Å². The Morgan fingerprint density at radius 2 is 2.14 bits per heavy atom. The number of ether oxygens (including phenoxy) is 1. The number of phenols is 1. The van der Waals surface area contributed by atoms with Crippen LogP contribution in [-0.4, -0.2) is 69.8 Å². The van der Waals surface area contributed by atoms with Crippen molar-refractivity contribution in [2.75, 3.05) is 20.1 Å². The van der Waals surface area contributed by atoms with E-state index in [4.69, 9.17) is 4.74 Å². The molecular weight excluding hydrogens is 464 g/mol. The zero-order chi connectivity index (χ0) is 26.1. The minimum atomic E-state index is -1.04. The highest BCUT2D eigenvalue weighted by Gasteiger charge is 2.75. The monoisotopic (exact) mass is 500 g/mol. The van der Waals surface area contributed by atoms with E-state index >= 15 is 0 Å². The Morgan fingerprint density at radius 1 is 1.32 bits per heavy atom. The van der Waals surface area contributed by atoms with E-state index in [0.717, 1.165) is 28.8 Å². The van der Waals surface area contributed by atoms with Crippen LogP contribution in [-0.2, 0) is 16.6 Å². The normalized spacial score (nSPS) is 33.6. The summed E-state index contributed by atoms with van der Waals surface area (Å²) >= 11 is 0. The standard InChI is InChI=1S/C31H36N2O4/c1-5-14-33-15-13-30-27-22-10-11-24(34)28(27)37-29(30)23(17-20(3)31(30,36)25(33)18-22)32(4)26(35)12-9-21-8-6-7-19(2)16-21/h5-12,16,20,23,25,29,34,36H,1,13-15,17-18H2,2-4H3/b12-9+/t20?,23?,25-,29?,30+,31-/m1/s1. The number of likely N-dealkylation sites (N-methyl/N-ethyl adjacent to an activating group) is 1. The Balaban J connectivity index is 1.41. The first-order valence-corrected chi connectivity index (χ1v) is 13.3. The van der Waals surface area contributed by atoms with Crippen LogP contribution in [0.15, 0.2) is 55.1 Å². The molecule has 6 heteroatoms. The summed E-state index contributed by atoms with van der Waals surface area (Å²) in [5.74, 6) is 0.428. The zero-order valence-electron chi connectivity index (χ0n) is 21.9. The van der Waals surface area contributed by atoms with Crippen molar-refractivity contribution in [2.24, 2.45) is 5.92 Å². The summed E-state index contributed by atoms with van der Waals surface area (Å²) in [7, 11) is 1.83. The summed E-state index contributed by atoms with van der Waals surface area (Å²) in [4.78, 5) is 17.6. The maximum Gasteiger partial charge on any atom is 0.246 e. The van der Waals surface area contributed by atoms with Crippen LogP contribution >= 0.6 is 0 Å². The molecule has 37 heavy (non-hydrogen) atoms. The molecule has 2 N–H and O–H groups in total. The predicted molar refractivity (Wildman–Crippen MR) is 144 cm³/mol. The van der Waals surface area contributed by atoms with Gasteiger partial charge in [-0.25, -0.2) is 0 Å². The van der Waals surface area contributed by atoms with E-state index in [1.165, 1.54) is 0 Å². The maximum atomic E-state index is 13.4. The highest BCUT2D eigenvalue weighted by atomic mass is 16.5. The van der Waals surface area contributed by atoms with E-state index in [-0.39, 0.29) is 29.7 Å². The highest BCUT2D eigenvalue weighted by molar-refractivity contribution is 5.92. The summed E-state index contributed by atoms with van der Waals surface area (Å²) in [6.07, 6.45) is 6.96. The fraction of sp³-hybridized carbons (Fsp3) is 0.452. The van der Waals surface area contributed by atoms with Gasteiger partial charge in [0.25, 0.3) is 0 Å². The van der Waals surface area contributed by atoms with Gasteiger partial charge in [0.1, 0.15) is 6.10 Å². The van der Waals surface area contributed by atoms with E-state index in [9.17, 15) is 15.0 Å². The Hall–Kier alpha value is -3.09. The lowest BCUT2D eigenvalue weighted by molar-refractivity contribution is -0.222. The quantitative estimate of drug-likeness (QED) is 0.482. The fourth-order valence-electron chi connectivity index (χ4n) is 8.01. The molecule has 2 aliphatic carbocycles. The number of likely N-dealkylation sites (tertiary alicyclic amines) is 1. The number of carbonyl (C=O) groups excluding carboxylic acids is 1. The lowest BCUT2D eigenvalue weighted by atomic mass is 9.45. The van der Waals surface area contributed by atoms with E-state index in [1.54, 1.807) is 17.0 Å². The number of aromatic hydroxyl groups is 1. The number of phenolic OH excluding ortho intramolecular Hbond substituents is 1. The van der Waals surface area contributed by atoms with Gasteiger partial charge < -0.3 is 19.8 Å². The van der Waals surface area contributed by atoms with Crippen LogP contribution in [0.1, 0.15) is 42.0 Å². The molecule has 3 unspecified atom stereocenters. The third-order valence-electron chi connectivity index (χ3n) is 9.63. The lowest BCUT2D eigenvalue weighted by Gasteiger charge is -2.66. The Bertz CT molecular complexity index is 1300. The summed E-state index contributed by atoms with van der Waals surface area (Å²) in [5.41, 5.74) is 2.49. The van der Waals surface area contributed by atoms with Gasteiger partial charge in [0, 0.05) is 31.3 Å². The number of amides is 1. The molecule has 1 amide bonds. The number of hydrogen-bond donors (Lipinski definition) is 2. The summed E-state index contributed by atoms with van der Waals surface area (Å²) < 4.78 is 6.61. The van der Waals surface area contributed by atoms with Crippen LogP contribution in [0.5, 0.6) is 11.5 Å². The Morgan fingerprint density at radius 3 is 2.89 bits per heavy atom. The molecule has 1 saturated carbocycles. The first-order chi connectivity index (χ1) is 17.7. The second-order valence-electron chi connectivity index (χ2n) is 11.4. The smallest absolute Gasteiger partial charge is 0.246 e. The van der Waals surface area contributed by atoms with E-state index in [2.05, 4.69) is 18.4 Å². The number of aryl methyl sites for hydroxylation is 1. The molecule has 4 aliphatic rings. The van der Waals surface area contributed by atoms with Crippen molar-refractivity contribution < 1.29 is 19.7 Å². The summed E-state index contributed by atoms with van der Waals surface area (Å²) in [6, 6.07) is 11.4. The average molecular weight is 501 g/mol. The van der Waals surface area contributed by atoms with Gasteiger partial charge in [0.2, 0.25) is 5.91 Å². The van der Waals surface area contributed by atoms with E-state index < -0.39 is 17.1 Å². The summed E-state index contributed by atoms with van der Waals surface area (Å²) in [6.45, 7) is 9.62. The molecule has 0 radical (unpaired) electrons. The van der Waals surface area contributed by atoms with Gasteiger partial charge in [0.15, 0.2) is 11.5 Å². The van der Waals surface area contributed by atoms with Crippen molar-refractivity contribution in [3.05, 3.63) is 77.4 Å². The Labute approximate surface area is 218 Å². The number of carbonyl (C=O) groups is 1. The number of aliphatic hydroxyl groups is 1. The number of benzene rings is 2. The third-order valence-corrected chi connectivity index (χ3v) is 9.63. The number of piperidine rings is 1. The first kappa shape index (κ1) is 24.3. The molecule has 2 aliphatic heterocycles. The van der Waals surface area contributed by atoms with Crippen LogP contribution in [0.25, 0.3) is 6.08 Å². The van der Waals surface area contributed by atoms with Crippen LogP contribution < -0.4 is 4.74 Å². The molecule has 1 saturated heterocycles. The minimum Gasteiger partial charge on any atom is -0.504 e. The number of rotatable bonds is 5. The van der Waals surface area contributed by atoms with Gasteiger partial charge in [-0.15, -0.1) is 6.58 Å². The minimum absolute atomic E-state index is 0.0765. The molecular formula is C31H36N2O4. The average Bonchev–Trinajstić information content (AvgIpc) is 3.23. The fourth-order valence-corrected chi connectivity index (χ4v) is 8.01. The molecule has 6 atom stereocenters. The molecule has 2 fully saturated rings. The third kappa shape index (κ3) is 3.21. The van der Waals surface area contributed by atoms with Gasteiger partial charge in [0.05, 0.1) is 17.1 Å². The van der Waals surface area contributed by atoms with Crippen molar-refractivity contribution in [3.63, 3.8) is 0 Å². The van der Waals surface area contributed by atoms with Crippen LogP contribution in [0.2, 0.25) is 0 Å². The van der Waals surface area contributed by atoms with E-state index in [1.807, 2.05) is 56.5 Å². The summed E-state index contributed by atoms with van der Waals surface area (Å²) in [5, 5.41) is 23.6. The molecule has 2 aromatic carbocycles. The number of nitrogens with zero attached hydrogens (tertiary/aromatic N) is 2. The molecule has 2 aromatic rings. The first-order valence-electron chi connectivity index (χ1n) is 13.3. The molecule has 1 spiro atoms. The topological polar surface area (TPSA) is 73.2 Å².